The van der Waals surface area contributed by atoms with Gasteiger partial charge in [0, 0.05) is 30.9 Å². The van der Waals surface area contributed by atoms with Crippen LogP contribution < -0.4 is 0 Å². The molecule has 49 heavy (non-hydrogen) atoms. The van der Waals surface area contributed by atoms with E-state index in [0.29, 0.717) is 19.5 Å². The third kappa shape index (κ3) is 8.07. The highest BCUT2D eigenvalue weighted by molar-refractivity contribution is 5.89. The molecule has 2 saturated heterocycles. The molecule has 0 bridgehead atoms. The van der Waals surface area contributed by atoms with Crippen LogP contribution in [0.15, 0.2) is 66.9 Å². The van der Waals surface area contributed by atoms with Gasteiger partial charge in [-0.3, -0.25) is 14.6 Å². The maximum Gasteiger partial charge on any atom is 0.410 e. The number of likely N-dealkylation sites (tertiary alicyclic amines) is 2. The molecule has 10 heteroatoms. The number of aromatic nitrogens is 3. The Labute approximate surface area is 289 Å². The average Bonchev–Trinajstić information content (AvgIpc) is 3.86. The number of H-pyrrole nitrogens is 2. The van der Waals surface area contributed by atoms with E-state index in [1.807, 2.05) is 102 Å². The fraction of sp³-hybridized carbons (Fsp3) is 0.436. The minimum atomic E-state index is -0.614. The molecule has 4 heterocycles. The SMILES string of the molecule is [2H]n1c(-c2ccc(CC(=O)C3CCCN3C(=O)OC(C)(C)C)cc2)ccc1-c1ccc(-c2cnc([C@@H]3CCCN3C(=O)OC(C)(C)C)[nH]2)cc1. The molecule has 2 aliphatic heterocycles. The summed E-state index contributed by atoms with van der Waals surface area (Å²) in [6, 6.07) is 18.9. The van der Waals surface area contributed by atoms with Gasteiger partial charge in [0.25, 0.3) is 0 Å². The number of nitrogens with zero attached hydrogens (tertiary/aromatic N) is 3. The number of imidazole rings is 1. The van der Waals surface area contributed by atoms with E-state index >= 15 is 0 Å². The number of aromatic amines is 2. The highest BCUT2D eigenvalue weighted by Gasteiger charge is 2.37. The quantitative estimate of drug-likeness (QED) is 0.205. The van der Waals surface area contributed by atoms with E-state index in [4.69, 9.17) is 10.9 Å². The van der Waals surface area contributed by atoms with Gasteiger partial charge in [-0.25, -0.2) is 14.6 Å². The molecule has 2 fully saturated rings. The summed E-state index contributed by atoms with van der Waals surface area (Å²) in [4.78, 5) is 51.4. The molecule has 0 spiro atoms. The van der Waals surface area contributed by atoms with Crippen molar-refractivity contribution in [2.24, 2.45) is 0 Å². The maximum atomic E-state index is 13.2. The molecule has 2 N–H and O–H groups in total. The zero-order valence-electron chi connectivity index (χ0n) is 30.3. The van der Waals surface area contributed by atoms with Gasteiger partial charge in [0.15, 0.2) is 7.20 Å². The summed E-state index contributed by atoms with van der Waals surface area (Å²) >= 11 is 0. The summed E-state index contributed by atoms with van der Waals surface area (Å²) < 4.78 is 20.0. The summed E-state index contributed by atoms with van der Waals surface area (Å²) in [7, 11) is 0. The molecule has 2 aromatic carbocycles. The molecule has 0 aliphatic carbocycles. The van der Waals surface area contributed by atoms with Crippen LogP contribution in [0.5, 0.6) is 0 Å². The molecule has 2 aromatic heterocycles. The minimum Gasteiger partial charge on any atom is -0.444 e. The number of ketones is 1. The van der Waals surface area contributed by atoms with Gasteiger partial charge in [-0.1, -0.05) is 48.5 Å². The van der Waals surface area contributed by atoms with Crippen LogP contribution in [-0.4, -0.2) is 73.0 Å². The van der Waals surface area contributed by atoms with Gasteiger partial charge < -0.3 is 19.4 Å². The second-order valence-electron chi connectivity index (χ2n) is 15.0. The van der Waals surface area contributed by atoms with Crippen LogP contribution in [0.2, 0.25) is 1.41 Å². The molecular formula is C39H47N5O5. The average molecular weight is 667 g/mol. The number of rotatable bonds is 7. The number of ether oxygens (including phenoxy) is 2. The lowest BCUT2D eigenvalue weighted by atomic mass is 10.0. The number of hydrogen-bond donors (Lipinski definition) is 2. The van der Waals surface area contributed by atoms with Crippen molar-refractivity contribution in [3.8, 4) is 33.8 Å². The fourth-order valence-corrected chi connectivity index (χ4v) is 6.50. The lowest BCUT2D eigenvalue weighted by molar-refractivity contribution is -0.122. The number of hydrogen-bond acceptors (Lipinski definition) is 6. The standard InChI is InChI=1S/C39H47N5O5/c1-38(2,3)48-36(46)43-21-7-9-32(43)34(45)23-25-11-13-26(14-12-25)29-19-20-30(41-29)27-15-17-28(18-16-27)31-24-40-35(42-31)33-10-8-22-44(33)37(47)49-39(4,5)6/h11-20,24,32-33,41H,7-10,21-23H2,1-6H3,(H,40,42)/t32?,33-/m0/s1/i/hD. The molecule has 6 rings (SSSR count). The maximum absolute atomic E-state index is 13.2. The Kier molecular flexibility index (Phi) is 9.05. The Balaban J connectivity index is 1.10. The topological polar surface area (TPSA) is 121 Å². The van der Waals surface area contributed by atoms with Crippen LogP contribution in [0, 0.1) is 0 Å². The van der Waals surface area contributed by atoms with Gasteiger partial charge in [-0.2, -0.15) is 0 Å². The third-order valence-electron chi connectivity index (χ3n) is 8.80. The summed E-state index contributed by atoms with van der Waals surface area (Å²) in [5, 5.41) is 0. The number of benzene rings is 2. The first kappa shape index (κ1) is 32.7. The van der Waals surface area contributed by atoms with Crippen LogP contribution in [0.3, 0.4) is 0 Å². The molecular weight excluding hydrogens is 618 g/mol. The zero-order valence-corrected chi connectivity index (χ0v) is 29.3. The second kappa shape index (κ2) is 13.6. The zero-order chi connectivity index (χ0) is 35.8. The minimum absolute atomic E-state index is 0.00312. The largest absolute Gasteiger partial charge is 0.444 e. The Morgan fingerprint density at radius 3 is 1.86 bits per heavy atom. The highest BCUT2D eigenvalue weighted by Crippen LogP contribution is 2.34. The van der Waals surface area contributed by atoms with Crippen molar-refractivity contribution in [2.45, 2.75) is 96.9 Å². The Hall–Kier alpha value is -4.86. The van der Waals surface area contributed by atoms with Crippen molar-refractivity contribution in [3.05, 3.63) is 78.2 Å². The number of carbonyl (C=O) groups excluding carboxylic acids is 3. The van der Waals surface area contributed by atoms with Crippen molar-refractivity contribution in [1.29, 1.82) is 0 Å². The van der Waals surface area contributed by atoms with Crippen molar-refractivity contribution in [1.82, 2.24) is 24.7 Å². The molecule has 2 amide bonds. The molecule has 4 aromatic rings. The van der Waals surface area contributed by atoms with Crippen LogP contribution in [-0.2, 0) is 20.7 Å². The summed E-state index contributed by atoms with van der Waals surface area (Å²) in [6.07, 6.45) is 4.40. The van der Waals surface area contributed by atoms with Gasteiger partial charge in [-0.05, 0) is 102 Å². The normalized spacial score (nSPS) is 18.4. The predicted molar refractivity (Wildman–Crippen MR) is 189 cm³/mol. The van der Waals surface area contributed by atoms with Crippen molar-refractivity contribution >= 4 is 18.0 Å². The Bertz CT molecular complexity index is 1850. The number of Topliss-reactive ketones (excluding diaryl/α,β-unsaturated/α-hetero) is 1. The smallest absolute Gasteiger partial charge is 0.410 e. The number of carbonyl (C=O) groups is 3. The van der Waals surface area contributed by atoms with Crippen molar-refractivity contribution in [3.63, 3.8) is 0 Å². The van der Waals surface area contributed by atoms with Crippen molar-refractivity contribution in [2.75, 3.05) is 13.1 Å². The van der Waals surface area contributed by atoms with Crippen LogP contribution >= 0.6 is 0 Å². The van der Waals surface area contributed by atoms with Gasteiger partial charge in [0.1, 0.15) is 17.0 Å². The molecule has 2 atom stereocenters. The van der Waals surface area contributed by atoms with Gasteiger partial charge in [0.05, 0.1) is 24.0 Å². The molecule has 2 aliphatic rings. The third-order valence-corrected chi connectivity index (χ3v) is 8.80. The molecule has 10 nitrogen and oxygen atoms in total. The van der Waals surface area contributed by atoms with E-state index in [9.17, 15) is 14.4 Å². The highest BCUT2D eigenvalue weighted by atomic mass is 16.6. The number of amides is 2. The lowest BCUT2D eigenvalue weighted by Gasteiger charge is -2.28. The molecule has 0 radical (unpaired) electrons. The Morgan fingerprint density at radius 1 is 0.755 bits per heavy atom. The van der Waals surface area contributed by atoms with Crippen LogP contribution in [0.25, 0.3) is 33.8 Å². The van der Waals surface area contributed by atoms with Crippen LogP contribution in [0.4, 0.5) is 9.59 Å². The Morgan fingerprint density at radius 2 is 1.27 bits per heavy atom. The fourth-order valence-electron chi connectivity index (χ4n) is 6.50. The van der Waals surface area contributed by atoms with Gasteiger partial charge in [0.2, 0.25) is 0 Å². The molecule has 1 unspecified atom stereocenters. The van der Waals surface area contributed by atoms with Gasteiger partial charge >= 0.3 is 12.2 Å². The van der Waals surface area contributed by atoms with E-state index in [1.165, 1.54) is 4.98 Å². The first-order valence-corrected chi connectivity index (χ1v) is 17.1. The predicted octanol–water partition coefficient (Wildman–Crippen LogP) is 8.32. The van der Waals surface area contributed by atoms with E-state index in [0.717, 1.165) is 64.4 Å². The number of nitrogens with one attached hydrogen (secondary N) is 2. The van der Waals surface area contributed by atoms with Crippen molar-refractivity contribution < 1.29 is 25.3 Å². The molecule has 0 saturated carbocycles. The second-order valence-corrected chi connectivity index (χ2v) is 15.0. The summed E-state index contributed by atoms with van der Waals surface area (Å²) in [5.74, 6) is 0.747. The monoisotopic (exact) mass is 666 g/mol. The van der Waals surface area contributed by atoms with E-state index in [-0.39, 0.29) is 24.3 Å². The van der Waals surface area contributed by atoms with Crippen LogP contribution in [0.1, 0.15) is 84.7 Å². The lowest BCUT2D eigenvalue weighted by Crippen LogP contribution is -2.43. The van der Waals surface area contributed by atoms with E-state index in [2.05, 4.69) is 9.97 Å². The summed E-state index contributed by atoms with van der Waals surface area (Å²) in [6.45, 7) is 12.2. The van der Waals surface area contributed by atoms with E-state index in [1.54, 1.807) is 16.0 Å². The summed E-state index contributed by atoms with van der Waals surface area (Å²) in [5.41, 5.74) is 4.75. The van der Waals surface area contributed by atoms with E-state index < -0.39 is 23.3 Å². The van der Waals surface area contributed by atoms with Gasteiger partial charge in [-0.15, -0.1) is 0 Å². The first-order chi connectivity index (χ1) is 23.7. The first-order valence-electron chi connectivity index (χ1n) is 17.6. The molecule has 258 valence electrons.